The number of amides is 1. The highest BCUT2D eigenvalue weighted by Crippen LogP contribution is 2.49. The van der Waals surface area contributed by atoms with E-state index in [2.05, 4.69) is 0 Å². The number of aliphatic hydroxyl groups excluding tert-OH is 1. The van der Waals surface area contributed by atoms with Crippen molar-refractivity contribution in [3.8, 4) is 5.75 Å². The number of carbonyl (C=O) groups excluding carboxylic acids is 1. The standard InChI is InChI=1S/C16H22ClNO3/c1-4-16(3)11(9-13(21)18(16)7-8-19)14-12(20)6-5-10(2)15(14)17/h5-6,11,19-20H,4,7-9H2,1-3H3/t11-,16-/m0/s1. The molecule has 1 amide bonds. The number of benzene rings is 1. The number of phenols is 1. The summed E-state index contributed by atoms with van der Waals surface area (Å²) in [4.78, 5) is 14.0. The van der Waals surface area contributed by atoms with E-state index in [1.54, 1.807) is 17.0 Å². The summed E-state index contributed by atoms with van der Waals surface area (Å²) in [6, 6.07) is 3.40. The van der Waals surface area contributed by atoms with Crippen LogP contribution < -0.4 is 0 Å². The van der Waals surface area contributed by atoms with Gasteiger partial charge < -0.3 is 15.1 Å². The van der Waals surface area contributed by atoms with Gasteiger partial charge in [-0.2, -0.15) is 0 Å². The molecule has 1 fully saturated rings. The first-order valence-corrected chi connectivity index (χ1v) is 7.63. The second-order valence-corrected chi connectivity index (χ2v) is 6.24. The molecule has 0 bridgehead atoms. The molecule has 21 heavy (non-hydrogen) atoms. The van der Waals surface area contributed by atoms with Crippen molar-refractivity contribution in [1.29, 1.82) is 0 Å². The molecule has 0 radical (unpaired) electrons. The van der Waals surface area contributed by atoms with Crippen molar-refractivity contribution in [2.45, 2.75) is 45.1 Å². The number of nitrogens with zero attached hydrogens (tertiary/aromatic N) is 1. The van der Waals surface area contributed by atoms with E-state index < -0.39 is 5.54 Å². The Balaban J connectivity index is 2.54. The van der Waals surface area contributed by atoms with Crippen LogP contribution in [0.3, 0.4) is 0 Å². The number of phenolic OH excluding ortho intramolecular Hbond substituents is 1. The highest BCUT2D eigenvalue weighted by molar-refractivity contribution is 6.32. The van der Waals surface area contributed by atoms with Crippen molar-refractivity contribution in [3.63, 3.8) is 0 Å². The van der Waals surface area contributed by atoms with Gasteiger partial charge in [-0.05, 0) is 31.9 Å². The Hall–Kier alpha value is -1.26. The Bertz CT molecular complexity index is 561. The average molecular weight is 312 g/mol. The summed E-state index contributed by atoms with van der Waals surface area (Å²) < 4.78 is 0. The predicted molar refractivity (Wildman–Crippen MR) is 82.7 cm³/mol. The highest BCUT2D eigenvalue weighted by atomic mass is 35.5. The van der Waals surface area contributed by atoms with Gasteiger partial charge >= 0.3 is 0 Å². The lowest BCUT2D eigenvalue weighted by Crippen LogP contribution is -2.46. The molecular formula is C16H22ClNO3. The van der Waals surface area contributed by atoms with Crippen LogP contribution in [0.4, 0.5) is 0 Å². The van der Waals surface area contributed by atoms with Crippen LogP contribution in [0.15, 0.2) is 12.1 Å². The van der Waals surface area contributed by atoms with E-state index in [0.29, 0.717) is 23.6 Å². The Morgan fingerprint density at radius 3 is 2.71 bits per heavy atom. The fourth-order valence-corrected chi connectivity index (χ4v) is 3.62. The van der Waals surface area contributed by atoms with Crippen LogP contribution in [0.25, 0.3) is 0 Å². The molecule has 1 heterocycles. The Labute approximate surface area is 130 Å². The van der Waals surface area contributed by atoms with Crippen LogP contribution in [0, 0.1) is 6.92 Å². The molecule has 2 N–H and O–H groups in total. The van der Waals surface area contributed by atoms with E-state index >= 15 is 0 Å². The Kier molecular flexibility index (Phi) is 4.49. The number of aromatic hydroxyl groups is 1. The molecule has 2 atom stereocenters. The van der Waals surface area contributed by atoms with Gasteiger partial charge in [0.2, 0.25) is 5.91 Å². The molecule has 5 heteroatoms. The number of hydrogen-bond acceptors (Lipinski definition) is 3. The number of halogens is 1. The first kappa shape index (κ1) is 16.1. The monoisotopic (exact) mass is 311 g/mol. The molecule has 4 nitrogen and oxygen atoms in total. The zero-order valence-corrected chi connectivity index (χ0v) is 13.4. The third-order valence-corrected chi connectivity index (χ3v) is 5.29. The van der Waals surface area contributed by atoms with Crippen LogP contribution in [0.2, 0.25) is 5.02 Å². The molecule has 0 spiro atoms. The van der Waals surface area contributed by atoms with Gasteiger partial charge in [-0.15, -0.1) is 0 Å². The van der Waals surface area contributed by atoms with E-state index in [9.17, 15) is 15.0 Å². The lowest BCUT2D eigenvalue weighted by atomic mass is 9.78. The molecule has 0 aliphatic carbocycles. The van der Waals surface area contributed by atoms with Crippen molar-refractivity contribution in [3.05, 3.63) is 28.3 Å². The molecule has 2 rings (SSSR count). The van der Waals surface area contributed by atoms with Crippen molar-refractivity contribution in [2.75, 3.05) is 13.2 Å². The number of aliphatic hydroxyl groups is 1. The minimum absolute atomic E-state index is 0.00428. The van der Waals surface area contributed by atoms with Crippen LogP contribution in [-0.2, 0) is 4.79 Å². The molecule has 1 aliphatic rings. The normalized spacial score (nSPS) is 25.7. The number of β-amino-alcohol motifs (C(OH)–C–C–N with tert-alkyl or cyclic N) is 1. The Morgan fingerprint density at radius 1 is 1.48 bits per heavy atom. The van der Waals surface area contributed by atoms with Gasteiger partial charge in [0.1, 0.15) is 5.75 Å². The zero-order chi connectivity index (χ0) is 15.8. The fourth-order valence-electron chi connectivity index (χ4n) is 3.33. The summed E-state index contributed by atoms with van der Waals surface area (Å²) >= 11 is 6.40. The third kappa shape index (κ3) is 2.51. The number of hydrogen-bond donors (Lipinski definition) is 2. The second kappa shape index (κ2) is 5.85. The van der Waals surface area contributed by atoms with Crippen molar-refractivity contribution in [2.24, 2.45) is 0 Å². The van der Waals surface area contributed by atoms with Crippen LogP contribution >= 0.6 is 11.6 Å². The van der Waals surface area contributed by atoms with Crippen LogP contribution in [0.5, 0.6) is 5.75 Å². The van der Waals surface area contributed by atoms with Gasteiger partial charge in [-0.25, -0.2) is 0 Å². The first-order chi connectivity index (χ1) is 9.86. The molecule has 1 aromatic carbocycles. The second-order valence-electron chi connectivity index (χ2n) is 5.87. The van der Waals surface area contributed by atoms with E-state index in [1.165, 1.54) is 0 Å². The summed E-state index contributed by atoms with van der Waals surface area (Å²) in [7, 11) is 0. The molecule has 1 saturated heterocycles. The molecule has 1 aromatic rings. The summed E-state index contributed by atoms with van der Waals surface area (Å²) in [5, 5.41) is 20.0. The Morgan fingerprint density at radius 2 is 2.14 bits per heavy atom. The molecule has 0 saturated carbocycles. The van der Waals surface area contributed by atoms with Gasteiger partial charge in [-0.3, -0.25) is 4.79 Å². The summed E-state index contributed by atoms with van der Waals surface area (Å²) in [6.45, 7) is 6.13. The zero-order valence-electron chi connectivity index (χ0n) is 12.7. The van der Waals surface area contributed by atoms with Crippen LogP contribution in [0.1, 0.15) is 43.7 Å². The van der Waals surface area contributed by atoms with Gasteiger partial charge in [0.25, 0.3) is 0 Å². The maximum atomic E-state index is 12.3. The SMILES string of the molecule is CC[C@@]1(C)[C@H](c2c(O)ccc(C)c2Cl)CC(=O)N1CCO. The van der Waals surface area contributed by atoms with Gasteiger partial charge in [-0.1, -0.05) is 24.6 Å². The topological polar surface area (TPSA) is 60.8 Å². The molecule has 1 aliphatic heterocycles. The highest BCUT2D eigenvalue weighted by Gasteiger charge is 2.49. The molecule has 116 valence electrons. The number of likely N-dealkylation sites (tertiary alicyclic amines) is 1. The number of aryl methyl sites for hydroxylation is 1. The summed E-state index contributed by atoms with van der Waals surface area (Å²) in [5.74, 6) is -0.0433. The predicted octanol–water partition coefficient (Wildman–Crippen LogP) is 2.83. The lowest BCUT2D eigenvalue weighted by molar-refractivity contribution is -0.131. The molecular weight excluding hydrogens is 290 g/mol. The quantitative estimate of drug-likeness (QED) is 0.899. The van der Waals surface area contributed by atoms with Gasteiger partial charge in [0.05, 0.1) is 11.6 Å². The molecule has 0 unspecified atom stereocenters. The van der Waals surface area contributed by atoms with E-state index in [1.807, 2.05) is 20.8 Å². The van der Waals surface area contributed by atoms with E-state index in [4.69, 9.17) is 11.6 Å². The van der Waals surface area contributed by atoms with E-state index in [-0.39, 0.29) is 24.2 Å². The van der Waals surface area contributed by atoms with Crippen LogP contribution in [-0.4, -0.2) is 39.7 Å². The van der Waals surface area contributed by atoms with Gasteiger partial charge in [0, 0.05) is 30.0 Å². The molecule has 0 aromatic heterocycles. The smallest absolute Gasteiger partial charge is 0.223 e. The van der Waals surface area contributed by atoms with Gasteiger partial charge in [0.15, 0.2) is 0 Å². The van der Waals surface area contributed by atoms with Crippen molar-refractivity contribution < 1.29 is 15.0 Å². The third-order valence-electron chi connectivity index (χ3n) is 4.78. The number of rotatable bonds is 4. The summed E-state index contributed by atoms with van der Waals surface area (Å²) in [5.41, 5.74) is 1.08. The minimum atomic E-state index is -0.450. The number of carbonyl (C=O) groups is 1. The lowest BCUT2D eigenvalue weighted by Gasteiger charge is -2.39. The van der Waals surface area contributed by atoms with Crippen molar-refractivity contribution in [1.82, 2.24) is 4.90 Å². The first-order valence-electron chi connectivity index (χ1n) is 7.26. The largest absolute Gasteiger partial charge is 0.508 e. The minimum Gasteiger partial charge on any atom is -0.508 e. The van der Waals surface area contributed by atoms with Crippen molar-refractivity contribution >= 4 is 17.5 Å². The average Bonchev–Trinajstić information content (AvgIpc) is 2.69. The maximum absolute atomic E-state index is 12.3. The fraction of sp³-hybridized carbons (Fsp3) is 0.562. The maximum Gasteiger partial charge on any atom is 0.223 e. The summed E-state index contributed by atoms with van der Waals surface area (Å²) in [6.07, 6.45) is 1.04. The van der Waals surface area contributed by atoms with E-state index in [0.717, 1.165) is 12.0 Å².